The van der Waals surface area contributed by atoms with E-state index in [1.54, 1.807) is 0 Å². The zero-order valence-corrected chi connectivity index (χ0v) is 12.1. The number of benzene rings is 2. The molecule has 0 N–H and O–H groups in total. The maximum atomic E-state index is 4.37. The summed E-state index contributed by atoms with van der Waals surface area (Å²) in [5, 5.41) is 0. The predicted octanol–water partition coefficient (Wildman–Crippen LogP) is 2.40. The van der Waals surface area contributed by atoms with Gasteiger partial charge in [0.1, 0.15) is 0 Å². The second-order valence-electron chi connectivity index (χ2n) is 4.15. The zero-order valence-electron chi connectivity index (χ0n) is 10.4. The van der Waals surface area contributed by atoms with Crippen LogP contribution in [0.4, 0.5) is 0 Å². The Morgan fingerprint density at radius 1 is 0.632 bits per heavy atom. The van der Waals surface area contributed by atoms with Crippen LogP contribution in [0.3, 0.4) is 0 Å². The Morgan fingerprint density at radius 2 is 1.32 bits per heavy atom. The van der Waals surface area contributed by atoms with Crippen molar-refractivity contribution in [3.05, 3.63) is 79.0 Å². The van der Waals surface area contributed by atoms with Gasteiger partial charge >= 0.3 is 119 Å². The number of aromatic nitrogens is 1. The second kappa shape index (κ2) is 5.83. The fourth-order valence-electron chi connectivity index (χ4n) is 1.85. The van der Waals surface area contributed by atoms with Crippen molar-refractivity contribution in [2.75, 3.05) is 0 Å². The Balaban J connectivity index is 1.80. The van der Waals surface area contributed by atoms with Crippen molar-refractivity contribution in [3.8, 4) is 11.3 Å². The molecule has 1 heterocycles. The predicted molar refractivity (Wildman–Crippen MR) is 81.1 cm³/mol. The Kier molecular flexibility index (Phi) is 3.73. The first-order valence-electron chi connectivity index (χ1n) is 6.16. The second-order valence-corrected chi connectivity index (χ2v) is 6.56. The van der Waals surface area contributed by atoms with Crippen molar-refractivity contribution in [2.45, 2.75) is 0 Å². The molecule has 2 heteroatoms. The monoisotopic (exact) mass is 311 g/mol. The van der Waals surface area contributed by atoms with Crippen LogP contribution in [-0.4, -0.2) is 19.9 Å². The summed E-state index contributed by atoms with van der Waals surface area (Å²) >= 11 is 0.379. The standard InChI is InChI=1S/C17H13NSe/c1-2-6-15(7-3-1)19-16-11-9-14(10-12-16)17-8-4-5-13-18-17/h1-13H. The van der Waals surface area contributed by atoms with Crippen molar-refractivity contribution < 1.29 is 0 Å². The van der Waals surface area contributed by atoms with Crippen molar-refractivity contribution >= 4 is 23.9 Å². The van der Waals surface area contributed by atoms with Gasteiger partial charge in [-0.2, -0.15) is 0 Å². The Morgan fingerprint density at radius 3 is 2.00 bits per heavy atom. The molecule has 3 aromatic rings. The van der Waals surface area contributed by atoms with Crippen LogP contribution < -0.4 is 8.92 Å². The number of nitrogens with zero attached hydrogens (tertiary/aromatic N) is 1. The van der Waals surface area contributed by atoms with Gasteiger partial charge in [0.05, 0.1) is 0 Å². The van der Waals surface area contributed by atoms with Gasteiger partial charge in [0.2, 0.25) is 0 Å². The minimum absolute atomic E-state index is 0.379. The van der Waals surface area contributed by atoms with Crippen LogP contribution in [0.5, 0.6) is 0 Å². The summed E-state index contributed by atoms with van der Waals surface area (Å²) in [4.78, 5) is 4.37. The van der Waals surface area contributed by atoms with Gasteiger partial charge in [-0.25, -0.2) is 0 Å². The number of pyridine rings is 1. The maximum absolute atomic E-state index is 4.37. The molecule has 0 unspecified atom stereocenters. The number of hydrogen-bond donors (Lipinski definition) is 0. The number of rotatable bonds is 3. The summed E-state index contributed by atoms with van der Waals surface area (Å²) in [6.45, 7) is 0. The molecule has 0 fully saturated rings. The molecule has 3 rings (SSSR count). The Hall–Kier alpha value is -1.89. The molecule has 0 saturated carbocycles. The van der Waals surface area contributed by atoms with Crippen molar-refractivity contribution in [1.82, 2.24) is 4.98 Å². The molecule has 92 valence electrons. The van der Waals surface area contributed by atoms with Crippen molar-refractivity contribution in [1.29, 1.82) is 0 Å². The van der Waals surface area contributed by atoms with Crippen molar-refractivity contribution in [3.63, 3.8) is 0 Å². The van der Waals surface area contributed by atoms with E-state index in [1.165, 1.54) is 14.5 Å². The summed E-state index contributed by atoms with van der Waals surface area (Å²) < 4.78 is 2.79. The average Bonchev–Trinajstić information content (AvgIpc) is 2.50. The molecule has 0 radical (unpaired) electrons. The van der Waals surface area contributed by atoms with Crippen LogP contribution in [0.2, 0.25) is 0 Å². The van der Waals surface area contributed by atoms with Gasteiger partial charge in [0.25, 0.3) is 0 Å². The molecular weight excluding hydrogens is 297 g/mol. The fourth-order valence-corrected chi connectivity index (χ4v) is 3.61. The minimum atomic E-state index is 0.379. The first kappa shape index (κ1) is 12.2. The van der Waals surface area contributed by atoms with E-state index < -0.39 is 0 Å². The Bertz CT molecular complexity index is 633. The molecule has 1 aromatic heterocycles. The first-order valence-corrected chi connectivity index (χ1v) is 7.87. The molecule has 1 nitrogen and oxygen atoms in total. The third kappa shape index (κ3) is 3.11. The summed E-state index contributed by atoms with van der Waals surface area (Å²) in [5.74, 6) is 0. The van der Waals surface area contributed by atoms with E-state index in [0.29, 0.717) is 15.0 Å². The van der Waals surface area contributed by atoms with Crippen molar-refractivity contribution in [2.24, 2.45) is 0 Å². The summed E-state index contributed by atoms with van der Waals surface area (Å²) in [7, 11) is 0. The topological polar surface area (TPSA) is 12.9 Å². The van der Waals surface area contributed by atoms with E-state index in [1.807, 2.05) is 24.4 Å². The molecule has 0 amide bonds. The van der Waals surface area contributed by atoms with Gasteiger partial charge < -0.3 is 0 Å². The average molecular weight is 310 g/mol. The third-order valence-corrected chi connectivity index (χ3v) is 4.92. The molecule has 0 atom stereocenters. The van der Waals surface area contributed by atoms with Crippen LogP contribution in [0.15, 0.2) is 79.0 Å². The fraction of sp³-hybridized carbons (Fsp3) is 0. The van der Waals surface area contributed by atoms with Crippen LogP contribution in [-0.2, 0) is 0 Å². The molecule has 19 heavy (non-hydrogen) atoms. The van der Waals surface area contributed by atoms with Crippen LogP contribution >= 0.6 is 0 Å². The SMILES string of the molecule is c1ccc([Se]c2ccc(-c3ccccn3)cc2)cc1. The molecule has 0 aliphatic rings. The number of hydrogen-bond acceptors (Lipinski definition) is 1. The summed E-state index contributed by atoms with van der Waals surface area (Å²) in [5.41, 5.74) is 2.20. The van der Waals surface area contributed by atoms with Gasteiger partial charge in [-0.3, -0.25) is 0 Å². The van der Waals surface area contributed by atoms with E-state index in [2.05, 4.69) is 59.6 Å². The van der Waals surface area contributed by atoms with Gasteiger partial charge in [0, 0.05) is 0 Å². The normalized spacial score (nSPS) is 10.3. The Labute approximate surface area is 119 Å². The molecule has 0 aliphatic carbocycles. The first-order chi connectivity index (χ1) is 9.42. The van der Waals surface area contributed by atoms with Crippen LogP contribution in [0.1, 0.15) is 0 Å². The zero-order chi connectivity index (χ0) is 12.9. The van der Waals surface area contributed by atoms with E-state index in [4.69, 9.17) is 0 Å². The quantitative estimate of drug-likeness (QED) is 0.677. The molecule has 0 bridgehead atoms. The molecule has 0 aliphatic heterocycles. The molecular formula is C17H13NSe. The summed E-state index contributed by atoms with van der Waals surface area (Å²) in [6, 6.07) is 25.3. The van der Waals surface area contributed by atoms with Crippen LogP contribution in [0.25, 0.3) is 11.3 Å². The van der Waals surface area contributed by atoms with Gasteiger partial charge in [-0.1, -0.05) is 0 Å². The molecule has 0 saturated heterocycles. The van der Waals surface area contributed by atoms with Gasteiger partial charge in [0.15, 0.2) is 0 Å². The summed E-state index contributed by atoms with van der Waals surface area (Å²) in [6.07, 6.45) is 1.83. The van der Waals surface area contributed by atoms with Gasteiger partial charge in [-0.15, -0.1) is 0 Å². The molecule has 2 aromatic carbocycles. The van der Waals surface area contributed by atoms with E-state index in [0.717, 1.165) is 5.69 Å². The molecule has 0 spiro atoms. The van der Waals surface area contributed by atoms with Gasteiger partial charge in [-0.05, 0) is 0 Å². The van der Waals surface area contributed by atoms with E-state index in [-0.39, 0.29) is 0 Å². The van der Waals surface area contributed by atoms with Crippen LogP contribution in [0, 0.1) is 0 Å². The van der Waals surface area contributed by atoms with E-state index in [9.17, 15) is 0 Å². The third-order valence-electron chi connectivity index (χ3n) is 2.79. The van der Waals surface area contributed by atoms with E-state index >= 15 is 0 Å².